The summed E-state index contributed by atoms with van der Waals surface area (Å²) < 4.78 is 1.11. The molecule has 2 aromatic heterocycles. The van der Waals surface area contributed by atoms with Gasteiger partial charge in [0.25, 0.3) is 0 Å². The topological polar surface area (TPSA) is 53.4 Å². The molecule has 2 aromatic rings. The Balaban J connectivity index is 1.85. The standard InChI is InChI=1S/C16H17BrN2O2S/c17-14-4-3-13(22-14)15(12-2-1-7-18-10-12)19-8-5-11(6-9-19)16(20)21/h1-4,7,10-11,15H,5-6,8-9H2,(H,20,21). The van der Waals surface area contributed by atoms with Crippen molar-refractivity contribution in [2.75, 3.05) is 13.1 Å². The minimum atomic E-state index is -0.670. The fourth-order valence-electron chi connectivity index (χ4n) is 2.97. The lowest BCUT2D eigenvalue weighted by Gasteiger charge is -2.36. The molecule has 116 valence electrons. The molecule has 22 heavy (non-hydrogen) atoms. The fourth-order valence-corrected chi connectivity index (χ4v) is 4.56. The summed E-state index contributed by atoms with van der Waals surface area (Å²) >= 11 is 5.25. The molecular formula is C16H17BrN2O2S. The van der Waals surface area contributed by atoms with Gasteiger partial charge in [-0.05, 0) is 65.6 Å². The third-order valence-corrected chi connectivity index (χ3v) is 5.78. The molecule has 1 N–H and O–H groups in total. The summed E-state index contributed by atoms with van der Waals surface area (Å²) in [5.41, 5.74) is 1.16. The molecule has 0 radical (unpaired) electrons. The Morgan fingerprint density at radius 3 is 2.68 bits per heavy atom. The highest BCUT2D eigenvalue weighted by Crippen LogP contribution is 2.37. The molecule has 6 heteroatoms. The van der Waals surface area contributed by atoms with Crippen LogP contribution in [0.15, 0.2) is 40.4 Å². The van der Waals surface area contributed by atoms with Crippen LogP contribution >= 0.6 is 27.3 Å². The number of pyridine rings is 1. The lowest BCUT2D eigenvalue weighted by Crippen LogP contribution is -2.39. The van der Waals surface area contributed by atoms with E-state index in [0.29, 0.717) is 12.8 Å². The minimum absolute atomic E-state index is 0.153. The molecule has 0 aromatic carbocycles. The van der Waals surface area contributed by atoms with Gasteiger partial charge in [-0.15, -0.1) is 11.3 Å². The number of piperidine rings is 1. The first-order valence-corrected chi connectivity index (χ1v) is 8.88. The minimum Gasteiger partial charge on any atom is -0.481 e. The SMILES string of the molecule is O=C(O)C1CCN(C(c2cccnc2)c2ccc(Br)s2)CC1. The first-order valence-electron chi connectivity index (χ1n) is 7.27. The Kier molecular flexibility index (Phi) is 4.90. The molecule has 1 fully saturated rings. The van der Waals surface area contributed by atoms with E-state index in [4.69, 9.17) is 5.11 Å². The van der Waals surface area contributed by atoms with Gasteiger partial charge in [-0.25, -0.2) is 0 Å². The highest BCUT2D eigenvalue weighted by atomic mass is 79.9. The van der Waals surface area contributed by atoms with Gasteiger partial charge in [-0.3, -0.25) is 14.7 Å². The highest BCUT2D eigenvalue weighted by molar-refractivity contribution is 9.11. The van der Waals surface area contributed by atoms with E-state index in [1.54, 1.807) is 17.5 Å². The third-order valence-electron chi connectivity index (χ3n) is 4.11. The maximum absolute atomic E-state index is 11.1. The van der Waals surface area contributed by atoms with Crippen LogP contribution in [0.1, 0.15) is 29.3 Å². The van der Waals surface area contributed by atoms with E-state index < -0.39 is 5.97 Å². The van der Waals surface area contributed by atoms with Gasteiger partial charge in [0.1, 0.15) is 0 Å². The summed E-state index contributed by atoms with van der Waals surface area (Å²) in [6, 6.07) is 8.40. The first kappa shape index (κ1) is 15.6. The Labute approximate surface area is 141 Å². The van der Waals surface area contributed by atoms with Gasteiger partial charge in [0, 0.05) is 17.3 Å². The Hall–Kier alpha value is -1.24. The second-order valence-corrected chi connectivity index (χ2v) is 7.97. The monoisotopic (exact) mass is 380 g/mol. The van der Waals surface area contributed by atoms with Crippen LogP contribution < -0.4 is 0 Å². The van der Waals surface area contributed by atoms with E-state index >= 15 is 0 Å². The summed E-state index contributed by atoms with van der Waals surface area (Å²) in [6.45, 7) is 1.60. The lowest BCUT2D eigenvalue weighted by atomic mass is 9.94. The van der Waals surface area contributed by atoms with E-state index in [1.807, 2.05) is 12.3 Å². The number of hydrogen-bond donors (Lipinski definition) is 1. The summed E-state index contributed by atoms with van der Waals surface area (Å²) in [5.74, 6) is -0.877. The molecule has 0 amide bonds. The van der Waals surface area contributed by atoms with Gasteiger partial charge < -0.3 is 5.11 Å². The van der Waals surface area contributed by atoms with Crippen molar-refractivity contribution >= 4 is 33.2 Å². The first-order chi connectivity index (χ1) is 10.6. The van der Waals surface area contributed by atoms with Crippen molar-refractivity contribution in [3.05, 3.63) is 50.9 Å². The molecule has 1 atom stereocenters. The zero-order chi connectivity index (χ0) is 15.5. The largest absolute Gasteiger partial charge is 0.481 e. The number of hydrogen-bond acceptors (Lipinski definition) is 4. The Morgan fingerprint density at radius 1 is 1.36 bits per heavy atom. The van der Waals surface area contributed by atoms with Crippen LogP contribution in [0.4, 0.5) is 0 Å². The molecule has 1 aliphatic rings. The van der Waals surface area contributed by atoms with Crippen LogP contribution in [0.3, 0.4) is 0 Å². The van der Waals surface area contributed by atoms with E-state index in [9.17, 15) is 4.79 Å². The average molecular weight is 381 g/mol. The van der Waals surface area contributed by atoms with Crippen molar-refractivity contribution in [1.82, 2.24) is 9.88 Å². The number of nitrogens with zero attached hydrogens (tertiary/aromatic N) is 2. The van der Waals surface area contributed by atoms with Gasteiger partial charge in [-0.2, -0.15) is 0 Å². The zero-order valence-electron chi connectivity index (χ0n) is 12.0. The second kappa shape index (κ2) is 6.89. The van der Waals surface area contributed by atoms with E-state index in [0.717, 1.165) is 22.4 Å². The molecule has 0 aliphatic carbocycles. The van der Waals surface area contributed by atoms with Crippen LogP contribution in [-0.2, 0) is 4.79 Å². The van der Waals surface area contributed by atoms with Gasteiger partial charge in [0.15, 0.2) is 0 Å². The maximum atomic E-state index is 11.1. The van der Waals surface area contributed by atoms with Crippen molar-refractivity contribution in [1.29, 1.82) is 0 Å². The number of halogens is 1. The Bertz CT molecular complexity index is 639. The van der Waals surface area contributed by atoms with E-state index in [2.05, 4.69) is 44.0 Å². The van der Waals surface area contributed by atoms with Crippen LogP contribution in [0.5, 0.6) is 0 Å². The number of thiophene rings is 1. The van der Waals surface area contributed by atoms with Gasteiger partial charge >= 0.3 is 5.97 Å². The van der Waals surface area contributed by atoms with E-state index in [1.165, 1.54) is 4.88 Å². The normalized spacial score (nSPS) is 18.2. The molecule has 0 bridgehead atoms. The highest BCUT2D eigenvalue weighted by Gasteiger charge is 2.30. The third kappa shape index (κ3) is 3.39. The molecule has 1 aliphatic heterocycles. The van der Waals surface area contributed by atoms with Crippen molar-refractivity contribution in [2.24, 2.45) is 5.92 Å². The molecule has 1 saturated heterocycles. The van der Waals surface area contributed by atoms with Crippen molar-refractivity contribution in [3.63, 3.8) is 0 Å². The quantitative estimate of drug-likeness (QED) is 0.876. The number of aliphatic carboxylic acids is 1. The molecule has 3 heterocycles. The van der Waals surface area contributed by atoms with Gasteiger partial charge in [0.05, 0.1) is 15.7 Å². The zero-order valence-corrected chi connectivity index (χ0v) is 14.4. The summed E-state index contributed by atoms with van der Waals surface area (Å²) in [5, 5.41) is 9.17. The number of carboxylic acids is 1. The predicted octanol–water partition coefficient (Wildman–Crippen LogP) is 3.79. The molecule has 0 spiro atoms. The molecule has 1 unspecified atom stereocenters. The second-order valence-electron chi connectivity index (χ2n) is 5.48. The smallest absolute Gasteiger partial charge is 0.306 e. The Morgan fingerprint density at radius 2 is 2.14 bits per heavy atom. The molecule has 0 saturated carbocycles. The number of aromatic nitrogens is 1. The summed E-state index contributed by atoms with van der Waals surface area (Å²) in [4.78, 5) is 19.0. The molecular weight excluding hydrogens is 364 g/mol. The summed E-state index contributed by atoms with van der Waals surface area (Å²) in [6.07, 6.45) is 5.10. The van der Waals surface area contributed by atoms with Crippen molar-refractivity contribution < 1.29 is 9.90 Å². The predicted molar refractivity (Wildman–Crippen MR) is 90.0 cm³/mol. The van der Waals surface area contributed by atoms with Crippen LogP contribution in [0.25, 0.3) is 0 Å². The van der Waals surface area contributed by atoms with Crippen LogP contribution in [0.2, 0.25) is 0 Å². The maximum Gasteiger partial charge on any atom is 0.306 e. The molecule has 3 rings (SSSR count). The number of likely N-dealkylation sites (tertiary alicyclic amines) is 1. The fraction of sp³-hybridized carbons (Fsp3) is 0.375. The van der Waals surface area contributed by atoms with Crippen molar-refractivity contribution in [3.8, 4) is 0 Å². The van der Waals surface area contributed by atoms with E-state index in [-0.39, 0.29) is 12.0 Å². The van der Waals surface area contributed by atoms with Crippen molar-refractivity contribution in [2.45, 2.75) is 18.9 Å². The molecule has 4 nitrogen and oxygen atoms in total. The number of carboxylic acid groups (broad SMARTS) is 1. The van der Waals surface area contributed by atoms with Gasteiger partial charge in [0.2, 0.25) is 0 Å². The average Bonchev–Trinajstić information content (AvgIpc) is 2.95. The van der Waals surface area contributed by atoms with Crippen LogP contribution in [0, 0.1) is 5.92 Å². The number of rotatable bonds is 4. The van der Waals surface area contributed by atoms with Crippen LogP contribution in [-0.4, -0.2) is 34.0 Å². The lowest BCUT2D eigenvalue weighted by molar-refractivity contribution is -0.143. The summed E-state index contributed by atoms with van der Waals surface area (Å²) in [7, 11) is 0. The van der Waals surface area contributed by atoms with Gasteiger partial charge in [-0.1, -0.05) is 6.07 Å². The number of carbonyl (C=O) groups is 1.